The molecule has 0 aliphatic heterocycles. The van der Waals surface area contributed by atoms with Crippen molar-refractivity contribution in [3.63, 3.8) is 0 Å². The number of rotatable bonds is 6. The molecule has 1 unspecified atom stereocenters. The van der Waals surface area contributed by atoms with Crippen LogP contribution in [0.5, 0.6) is 0 Å². The largest absolute Gasteiger partial charge is 0.325 e. The molecule has 1 N–H and O–H groups in total. The molecule has 0 radical (unpaired) electrons. The second-order valence-corrected chi connectivity index (χ2v) is 9.28. The van der Waals surface area contributed by atoms with Gasteiger partial charge in [-0.1, -0.05) is 60.3 Å². The molecule has 0 spiro atoms. The number of fused-ring (bicyclic) bond motifs is 1. The standard InChI is InChI=1S/C27H23N5OS/c1-18-7-3-6-10-24(18)32-25(21-13-15-28-16-14-21)30-31-27(32)34-19(2)26(33)29-23-12-11-20-8-4-5-9-22(20)17-23/h3-17,19H,1-2H3,(H,29,33). The number of carbonyl (C=O) groups excluding carboxylic acids is 1. The maximum atomic E-state index is 13.0. The summed E-state index contributed by atoms with van der Waals surface area (Å²) in [5.74, 6) is 0.617. The Morgan fingerprint density at radius 1 is 0.912 bits per heavy atom. The minimum atomic E-state index is -0.385. The van der Waals surface area contributed by atoms with E-state index in [9.17, 15) is 4.79 Å². The molecule has 0 bridgehead atoms. The number of carbonyl (C=O) groups is 1. The number of anilines is 1. The fourth-order valence-corrected chi connectivity index (χ4v) is 4.65. The second-order valence-electron chi connectivity index (χ2n) is 7.98. The van der Waals surface area contributed by atoms with Crippen molar-refractivity contribution >= 4 is 34.1 Å². The van der Waals surface area contributed by atoms with Crippen LogP contribution in [0.3, 0.4) is 0 Å². The molecule has 34 heavy (non-hydrogen) atoms. The molecule has 7 heteroatoms. The molecule has 1 amide bonds. The van der Waals surface area contributed by atoms with Gasteiger partial charge in [-0.25, -0.2) is 0 Å². The molecule has 2 heterocycles. The van der Waals surface area contributed by atoms with Gasteiger partial charge in [-0.05, 0) is 60.5 Å². The van der Waals surface area contributed by atoms with Gasteiger partial charge in [0.2, 0.25) is 5.91 Å². The summed E-state index contributed by atoms with van der Waals surface area (Å²) < 4.78 is 2.01. The van der Waals surface area contributed by atoms with E-state index in [-0.39, 0.29) is 11.2 Å². The normalized spacial score (nSPS) is 11.9. The summed E-state index contributed by atoms with van der Waals surface area (Å²) in [6.07, 6.45) is 3.47. The summed E-state index contributed by atoms with van der Waals surface area (Å²) in [5, 5.41) is 14.5. The molecule has 0 saturated carbocycles. The van der Waals surface area contributed by atoms with Crippen molar-refractivity contribution in [2.75, 3.05) is 5.32 Å². The lowest BCUT2D eigenvalue weighted by Gasteiger charge is -2.15. The van der Waals surface area contributed by atoms with Crippen molar-refractivity contribution < 1.29 is 4.79 Å². The average Bonchev–Trinajstić information content (AvgIpc) is 3.28. The van der Waals surface area contributed by atoms with Crippen molar-refractivity contribution in [2.45, 2.75) is 24.3 Å². The molecule has 6 nitrogen and oxygen atoms in total. The van der Waals surface area contributed by atoms with E-state index in [1.54, 1.807) is 12.4 Å². The topological polar surface area (TPSA) is 72.7 Å². The molecule has 0 aliphatic carbocycles. The number of aryl methyl sites for hydroxylation is 1. The highest BCUT2D eigenvalue weighted by molar-refractivity contribution is 8.00. The highest BCUT2D eigenvalue weighted by Crippen LogP contribution is 2.31. The summed E-state index contributed by atoms with van der Waals surface area (Å²) in [4.78, 5) is 17.2. The molecule has 0 aliphatic rings. The molecule has 1 atom stereocenters. The quantitative estimate of drug-likeness (QED) is 0.316. The Kier molecular flexibility index (Phi) is 6.10. The van der Waals surface area contributed by atoms with Gasteiger partial charge >= 0.3 is 0 Å². The van der Waals surface area contributed by atoms with E-state index in [0.29, 0.717) is 11.0 Å². The average molecular weight is 466 g/mol. The molecule has 5 rings (SSSR count). The zero-order chi connectivity index (χ0) is 23.5. The van der Waals surface area contributed by atoms with E-state index in [0.717, 1.165) is 33.3 Å². The van der Waals surface area contributed by atoms with E-state index >= 15 is 0 Å². The van der Waals surface area contributed by atoms with Gasteiger partial charge < -0.3 is 5.32 Å². The van der Waals surface area contributed by atoms with E-state index in [1.165, 1.54) is 11.8 Å². The minimum Gasteiger partial charge on any atom is -0.325 e. The van der Waals surface area contributed by atoms with Crippen LogP contribution in [0.2, 0.25) is 0 Å². The summed E-state index contributed by atoms with van der Waals surface area (Å²) in [6, 6.07) is 25.9. The van der Waals surface area contributed by atoms with Crippen molar-refractivity contribution in [1.29, 1.82) is 0 Å². The number of amides is 1. The Morgan fingerprint density at radius 3 is 2.44 bits per heavy atom. The van der Waals surface area contributed by atoms with Gasteiger partial charge in [-0.15, -0.1) is 10.2 Å². The van der Waals surface area contributed by atoms with Gasteiger partial charge in [0.1, 0.15) is 0 Å². The zero-order valence-electron chi connectivity index (χ0n) is 18.8. The number of nitrogens with one attached hydrogen (secondary N) is 1. The molecule has 5 aromatic rings. The Bertz CT molecular complexity index is 1460. The van der Waals surface area contributed by atoms with Crippen molar-refractivity contribution in [2.24, 2.45) is 0 Å². The first kappa shape index (κ1) is 21.9. The summed E-state index contributed by atoms with van der Waals surface area (Å²) in [7, 11) is 0. The number of hydrogen-bond donors (Lipinski definition) is 1. The van der Waals surface area contributed by atoms with Gasteiger partial charge in [-0.3, -0.25) is 14.3 Å². The van der Waals surface area contributed by atoms with Crippen LogP contribution in [-0.4, -0.2) is 30.9 Å². The van der Waals surface area contributed by atoms with Crippen LogP contribution in [-0.2, 0) is 4.79 Å². The van der Waals surface area contributed by atoms with Gasteiger partial charge in [0.15, 0.2) is 11.0 Å². The molecule has 168 valence electrons. The predicted octanol–water partition coefficient (Wildman–Crippen LogP) is 5.91. The first-order chi connectivity index (χ1) is 16.6. The lowest BCUT2D eigenvalue weighted by atomic mass is 10.1. The van der Waals surface area contributed by atoms with Crippen LogP contribution in [0, 0.1) is 6.92 Å². The Morgan fingerprint density at radius 2 is 1.65 bits per heavy atom. The molecular formula is C27H23N5OS. The number of pyridine rings is 1. The van der Waals surface area contributed by atoms with E-state index in [2.05, 4.69) is 39.6 Å². The summed E-state index contributed by atoms with van der Waals surface area (Å²) in [5.41, 5.74) is 3.75. The van der Waals surface area contributed by atoms with Crippen LogP contribution in [0.4, 0.5) is 5.69 Å². The van der Waals surface area contributed by atoms with Gasteiger partial charge in [0.05, 0.1) is 10.9 Å². The first-order valence-corrected chi connectivity index (χ1v) is 11.9. The monoisotopic (exact) mass is 465 g/mol. The number of nitrogens with zero attached hydrogens (tertiary/aromatic N) is 4. The zero-order valence-corrected chi connectivity index (χ0v) is 19.7. The Balaban J connectivity index is 1.43. The third kappa shape index (κ3) is 4.43. The van der Waals surface area contributed by atoms with E-state index < -0.39 is 0 Å². The lowest BCUT2D eigenvalue weighted by molar-refractivity contribution is -0.115. The fourth-order valence-electron chi connectivity index (χ4n) is 3.79. The first-order valence-electron chi connectivity index (χ1n) is 11.0. The summed E-state index contributed by atoms with van der Waals surface area (Å²) >= 11 is 1.38. The van der Waals surface area contributed by atoms with Crippen LogP contribution in [0.15, 0.2) is 96.4 Å². The van der Waals surface area contributed by atoms with Crippen LogP contribution >= 0.6 is 11.8 Å². The SMILES string of the molecule is Cc1ccccc1-n1c(SC(C)C(=O)Nc2ccc3ccccc3c2)nnc1-c1ccncc1. The second kappa shape index (κ2) is 9.49. The molecular weight excluding hydrogens is 442 g/mol. The molecule has 3 aromatic carbocycles. The van der Waals surface area contributed by atoms with Crippen molar-refractivity contribution in [3.05, 3.63) is 96.8 Å². The van der Waals surface area contributed by atoms with Gasteiger partial charge in [0, 0.05) is 23.6 Å². The summed E-state index contributed by atoms with van der Waals surface area (Å²) in [6.45, 7) is 3.93. The van der Waals surface area contributed by atoms with Gasteiger partial charge in [-0.2, -0.15) is 0 Å². The van der Waals surface area contributed by atoms with Crippen LogP contribution in [0.25, 0.3) is 27.8 Å². The number of benzene rings is 3. The van der Waals surface area contributed by atoms with Crippen molar-refractivity contribution in [1.82, 2.24) is 19.7 Å². The predicted molar refractivity (Wildman–Crippen MR) is 137 cm³/mol. The van der Waals surface area contributed by atoms with Gasteiger partial charge in [0.25, 0.3) is 0 Å². The molecule has 0 fully saturated rings. The van der Waals surface area contributed by atoms with E-state index in [4.69, 9.17) is 0 Å². The molecule has 0 saturated heterocycles. The van der Waals surface area contributed by atoms with Crippen molar-refractivity contribution in [3.8, 4) is 17.1 Å². The third-order valence-corrected chi connectivity index (χ3v) is 6.64. The Labute approximate surface area is 202 Å². The number of para-hydroxylation sites is 1. The Hall–Kier alpha value is -3.97. The third-order valence-electron chi connectivity index (χ3n) is 5.60. The number of hydrogen-bond acceptors (Lipinski definition) is 5. The minimum absolute atomic E-state index is 0.0925. The van der Waals surface area contributed by atoms with E-state index in [1.807, 2.05) is 78.2 Å². The van der Waals surface area contributed by atoms with Crippen LogP contribution < -0.4 is 5.32 Å². The molecule has 2 aromatic heterocycles. The highest BCUT2D eigenvalue weighted by atomic mass is 32.2. The highest BCUT2D eigenvalue weighted by Gasteiger charge is 2.22. The fraction of sp³-hybridized carbons (Fsp3) is 0.111. The maximum absolute atomic E-state index is 13.0. The number of aromatic nitrogens is 4. The lowest BCUT2D eigenvalue weighted by Crippen LogP contribution is -2.23. The smallest absolute Gasteiger partial charge is 0.237 e. The van der Waals surface area contributed by atoms with Crippen LogP contribution in [0.1, 0.15) is 12.5 Å². The number of thioether (sulfide) groups is 1. The maximum Gasteiger partial charge on any atom is 0.237 e.